The van der Waals surface area contributed by atoms with Crippen LogP contribution < -0.4 is 10.1 Å². The Kier molecular flexibility index (Phi) is 12.2. The summed E-state index contributed by atoms with van der Waals surface area (Å²) < 4.78 is 67.7. The van der Waals surface area contributed by atoms with Crippen molar-refractivity contribution in [3.8, 4) is 5.75 Å². The lowest BCUT2D eigenvalue weighted by Gasteiger charge is -2.36. The lowest BCUT2D eigenvalue weighted by atomic mass is 10.0. The van der Waals surface area contributed by atoms with Crippen LogP contribution in [0.25, 0.3) is 0 Å². The fourth-order valence-corrected chi connectivity index (χ4v) is 6.38. The van der Waals surface area contributed by atoms with E-state index < -0.39 is 45.8 Å². The number of anilines is 1. The molecule has 0 spiro atoms. The van der Waals surface area contributed by atoms with Crippen LogP contribution >= 0.6 is 27.0 Å². The zero-order chi connectivity index (χ0) is 29.2. The van der Waals surface area contributed by atoms with Gasteiger partial charge in [0.25, 0.3) is 0 Å². The number of rotatable bonds is 9. The quantitative estimate of drug-likeness (QED) is 0.427. The Morgan fingerprint density at radius 1 is 1.19 bits per heavy atom. The number of fused-ring (bicyclic) bond motifs is 1. The van der Waals surface area contributed by atoms with E-state index in [1.807, 2.05) is 18.7 Å². The third-order valence-electron chi connectivity index (χ3n) is 6.74. The number of hydrogen-bond acceptors (Lipinski definition) is 7. The maximum absolute atomic E-state index is 13.8. The van der Waals surface area contributed by atoms with Crippen LogP contribution in [0.4, 0.5) is 18.9 Å². The molecule has 2 heterocycles. The number of hydrogen-bond donors (Lipinski definition) is 2. The molecule has 2 N–H and O–H groups in total. The van der Waals surface area contributed by atoms with Crippen LogP contribution in [0.3, 0.4) is 0 Å². The van der Waals surface area contributed by atoms with Gasteiger partial charge in [0.05, 0.1) is 29.1 Å². The highest BCUT2D eigenvalue weighted by atomic mass is 32.2. The molecule has 2 atom stereocenters. The molecule has 0 aliphatic carbocycles. The van der Waals surface area contributed by atoms with E-state index in [0.29, 0.717) is 37.2 Å². The fraction of sp³-hybridized carbons (Fsp3) is 0.481. The number of alkyl halides is 3. The molecule has 1 fully saturated rings. The number of halogens is 3. The number of ether oxygens (including phenoxy) is 1. The van der Waals surface area contributed by atoms with Gasteiger partial charge in [0.2, 0.25) is 11.8 Å². The number of amides is 2. The normalized spacial score (nSPS) is 18.7. The number of carbonyl (C=O) groups is 2. The third kappa shape index (κ3) is 9.27. The van der Waals surface area contributed by atoms with E-state index in [-0.39, 0.29) is 62.4 Å². The number of aliphatic hydroxyl groups excluding tert-OH is 1. The summed E-state index contributed by atoms with van der Waals surface area (Å²) in [4.78, 5) is 29.3. The summed E-state index contributed by atoms with van der Waals surface area (Å²) in [6.07, 6.45) is -4.99. The molecule has 2 aromatic rings. The summed E-state index contributed by atoms with van der Waals surface area (Å²) in [5.74, 6) is -2.03. The summed E-state index contributed by atoms with van der Waals surface area (Å²) in [6.45, 7) is 5.35. The van der Waals surface area contributed by atoms with Crippen LogP contribution in [0.1, 0.15) is 37.4 Å². The number of sulfone groups is 1. The largest absolute Gasteiger partial charge is 0.573 e. The molecular formula is C27H36F3N3O6S3. The van der Waals surface area contributed by atoms with E-state index in [2.05, 4.69) is 10.1 Å². The van der Waals surface area contributed by atoms with Crippen molar-refractivity contribution in [2.24, 2.45) is 5.92 Å². The smallest absolute Gasteiger partial charge is 0.406 e. The molecule has 9 nitrogen and oxygen atoms in total. The minimum absolute atomic E-state index is 0. The molecule has 4 rings (SSSR count). The monoisotopic (exact) mass is 651 g/mol. The Balaban J connectivity index is 0.00000308. The van der Waals surface area contributed by atoms with E-state index in [1.165, 1.54) is 36.4 Å². The summed E-state index contributed by atoms with van der Waals surface area (Å²) in [6, 6.07) is 9.22. The minimum atomic E-state index is -4.88. The molecule has 2 aliphatic heterocycles. The molecule has 0 aromatic heterocycles. The molecule has 234 valence electrons. The molecule has 0 saturated carbocycles. The number of β-amino-alcohol motifs (C(OH)–C–C–N with tert-alkyl or cyclic N) is 1. The second-order valence-corrected chi connectivity index (χ2v) is 12.6. The van der Waals surface area contributed by atoms with Crippen molar-refractivity contribution in [2.45, 2.75) is 50.1 Å². The predicted octanol–water partition coefficient (Wildman–Crippen LogP) is 3.37. The van der Waals surface area contributed by atoms with Crippen molar-refractivity contribution in [3.05, 3.63) is 53.6 Å². The van der Waals surface area contributed by atoms with Gasteiger partial charge in [-0.05, 0) is 47.7 Å². The lowest BCUT2D eigenvalue weighted by Crippen LogP contribution is -2.43. The average molecular weight is 652 g/mol. The van der Waals surface area contributed by atoms with Gasteiger partial charge in [-0.1, -0.05) is 32.0 Å². The molecule has 1 saturated heterocycles. The first-order valence-corrected chi connectivity index (χ1v) is 14.6. The number of benzene rings is 2. The fourth-order valence-electron chi connectivity index (χ4n) is 5.09. The molecule has 2 amide bonds. The molecule has 2 aliphatic rings. The first kappa shape index (κ1) is 35.7. The number of carbonyl (C=O) groups excluding carboxylic acids is 2. The SMILES string of the molecule is CC(C)CN(C(=O)Cc1ccc2c(c1)NC(=O)CS2(=O)=O)[C@H](CN1CC[C@H](O)C1)c1cccc(OC(F)(F)F)c1.S.S. The standard InChI is InChI=1S/C27H32F3N3O6S.2H2S/c1-17(2)13-33(26(36)11-18-6-7-24-22(10-18)31-25(35)16-40(24,37)38)23(15-32-9-8-20(34)14-32)19-4-3-5-21(12-19)39-27(28,29)30;;/h3-7,10,12,17,20,23,34H,8-9,11,13-16H2,1-2H3,(H,31,35);2*1H2/t20-,23+;;/m0../s1. The number of nitrogens with one attached hydrogen (secondary N) is 1. The van der Waals surface area contributed by atoms with Crippen molar-refractivity contribution in [1.29, 1.82) is 0 Å². The van der Waals surface area contributed by atoms with Crippen LogP contribution in [-0.2, 0) is 25.8 Å². The summed E-state index contributed by atoms with van der Waals surface area (Å²) >= 11 is 0. The Morgan fingerprint density at radius 3 is 2.52 bits per heavy atom. The summed E-state index contributed by atoms with van der Waals surface area (Å²) in [7, 11) is -3.78. The van der Waals surface area contributed by atoms with Gasteiger partial charge in [-0.25, -0.2) is 8.42 Å². The number of aliphatic hydroxyl groups is 1. The first-order valence-electron chi connectivity index (χ1n) is 12.9. The Morgan fingerprint density at radius 2 is 1.90 bits per heavy atom. The highest BCUT2D eigenvalue weighted by Crippen LogP contribution is 2.32. The van der Waals surface area contributed by atoms with E-state index in [0.717, 1.165) is 0 Å². The van der Waals surface area contributed by atoms with Gasteiger partial charge in [0, 0.05) is 26.2 Å². The van der Waals surface area contributed by atoms with Gasteiger partial charge in [-0.2, -0.15) is 27.0 Å². The van der Waals surface area contributed by atoms with Gasteiger partial charge >= 0.3 is 6.36 Å². The van der Waals surface area contributed by atoms with E-state index >= 15 is 0 Å². The topological polar surface area (TPSA) is 116 Å². The molecular weight excluding hydrogens is 616 g/mol. The Bertz CT molecular complexity index is 1370. The van der Waals surface area contributed by atoms with Gasteiger partial charge in [0.15, 0.2) is 9.84 Å². The number of likely N-dealkylation sites (tertiary alicyclic amines) is 1. The van der Waals surface area contributed by atoms with Gasteiger partial charge in [-0.15, -0.1) is 13.2 Å². The molecule has 2 aromatic carbocycles. The summed E-state index contributed by atoms with van der Waals surface area (Å²) in [5.41, 5.74) is 1.02. The second-order valence-electron chi connectivity index (χ2n) is 10.6. The van der Waals surface area contributed by atoms with Crippen molar-refractivity contribution in [3.63, 3.8) is 0 Å². The lowest BCUT2D eigenvalue weighted by molar-refractivity contribution is -0.274. The Hall–Kier alpha value is -2.46. The first-order chi connectivity index (χ1) is 18.7. The minimum Gasteiger partial charge on any atom is -0.406 e. The second kappa shape index (κ2) is 14.3. The molecule has 0 bridgehead atoms. The van der Waals surface area contributed by atoms with Gasteiger partial charge < -0.3 is 20.1 Å². The number of nitrogens with zero attached hydrogens (tertiary/aromatic N) is 2. The molecule has 0 unspecified atom stereocenters. The van der Waals surface area contributed by atoms with Crippen LogP contribution in [0.15, 0.2) is 47.4 Å². The van der Waals surface area contributed by atoms with E-state index in [9.17, 15) is 36.3 Å². The maximum Gasteiger partial charge on any atom is 0.573 e. The zero-order valence-electron chi connectivity index (χ0n) is 23.1. The zero-order valence-corrected chi connectivity index (χ0v) is 26.0. The Labute approximate surface area is 257 Å². The van der Waals surface area contributed by atoms with Gasteiger partial charge in [-0.3, -0.25) is 14.5 Å². The van der Waals surface area contributed by atoms with Crippen molar-refractivity contribution >= 4 is 54.3 Å². The van der Waals surface area contributed by atoms with E-state index in [4.69, 9.17) is 0 Å². The van der Waals surface area contributed by atoms with E-state index in [1.54, 1.807) is 11.0 Å². The average Bonchev–Trinajstić information content (AvgIpc) is 3.24. The van der Waals surface area contributed by atoms with Crippen LogP contribution in [0.5, 0.6) is 5.75 Å². The predicted molar refractivity (Wildman–Crippen MR) is 161 cm³/mol. The van der Waals surface area contributed by atoms with Crippen LogP contribution in [0.2, 0.25) is 0 Å². The van der Waals surface area contributed by atoms with Crippen molar-refractivity contribution in [1.82, 2.24) is 9.80 Å². The van der Waals surface area contributed by atoms with Crippen LogP contribution in [0, 0.1) is 5.92 Å². The third-order valence-corrected chi connectivity index (χ3v) is 8.41. The van der Waals surface area contributed by atoms with Crippen LogP contribution in [-0.4, -0.2) is 79.5 Å². The van der Waals surface area contributed by atoms with Gasteiger partial charge in [0.1, 0.15) is 11.5 Å². The highest BCUT2D eigenvalue weighted by Gasteiger charge is 2.34. The molecule has 15 heteroatoms. The molecule has 0 radical (unpaired) electrons. The summed E-state index contributed by atoms with van der Waals surface area (Å²) in [5, 5.41) is 12.6. The molecule has 42 heavy (non-hydrogen) atoms. The van der Waals surface area contributed by atoms with Crippen molar-refractivity contribution < 1.29 is 41.0 Å². The maximum atomic E-state index is 13.8. The highest BCUT2D eigenvalue weighted by molar-refractivity contribution is 7.92. The van der Waals surface area contributed by atoms with Crippen molar-refractivity contribution in [2.75, 3.05) is 37.2 Å².